The van der Waals surface area contributed by atoms with E-state index >= 15 is 0 Å². The fraction of sp³-hybridized carbons (Fsp3) is 0.333. The summed E-state index contributed by atoms with van der Waals surface area (Å²) < 4.78 is 5.83. The summed E-state index contributed by atoms with van der Waals surface area (Å²) in [5.41, 5.74) is 0.665. The number of piperidine rings is 1. The van der Waals surface area contributed by atoms with Crippen LogP contribution in [0.3, 0.4) is 0 Å². The highest BCUT2D eigenvalue weighted by Crippen LogP contribution is 2.33. The number of likely N-dealkylation sites (tertiary alicyclic amines) is 1. The highest BCUT2D eigenvalue weighted by atomic mass is 16.3. The van der Waals surface area contributed by atoms with Crippen LogP contribution >= 0.6 is 0 Å². The molecule has 1 aliphatic heterocycles. The number of nitrogens with zero attached hydrogens (tertiary/aromatic N) is 2. The number of anilines is 1. The molecular formula is C30H34N4O5. The number of furan rings is 1. The zero-order valence-electron chi connectivity index (χ0n) is 22.5. The summed E-state index contributed by atoms with van der Waals surface area (Å²) in [7, 11) is 0. The van der Waals surface area contributed by atoms with E-state index in [4.69, 9.17) is 4.42 Å². The second-order valence-electron chi connectivity index (χ2n) is 9.87. The maximum absolute atomic E-state index is 14.1. The van der Waals surface area contributed by atoms with Gasteiger partial charge in [0, 0.05) is 44.7 Å². The van der Waals surface area contributed by atoms with Gasteiger partial charge in [-0.1, -0.05) is 30.3 Å². The summed E-state index contributed by atoms with van der Waals surface area (Å²) in [5.74, 6) is 0.355. The van der Waals surface area contributed by atoms with Gasteiger partial charge in [0.15, 0.2) is 0 Å². The molecule has 2 N–H and O–H groups in total. The third kappa shape index (κ3) is 6.54. The maximum atomic E-state index is 14.1. The topological polar surface area (TPSA) is 112 Å². The molecule has 4 rings (SSSR count). The molecule has 0 bridgehead atoms. The number of hydrogen-bond donors (Lipinski definition) is 2. The van der Waals surface area contributed by atoms with Crippen molar-refractivity contribution in [2.24, 2.45) is 0 Å². The van der Waals surface area contributed by atoms with Gasteiger partial charge in [0.25, 0.3) is 5.91 Å². The number of aryl methyl sites for hydroxylation is 1. The van der Waals surface area contributed by atoms with E-state index in [9.17, 15) is 19.2 Å². The minimum Gasteiger partial charge on any atom is -0.464 e. The van der Waals surface area contributed by atoms with Crippen LogP contribution < -0.4 is 10.6 Å². The predicted octanol–water partition coefficient (Wildman–Crippen LogP) is 3.89. The van der Waals surface area contributed by atoms with Crippen molar-refractivity contribution in [1.82, 2.24) is 15.1 Å². The highest BCUT2D eigenvalue weighted by Gasteiger charge is 2.49. The minimum atomic E-state index is -1.21. The number of nitrogens with one attached hydrogen (secondary N) is 2. The highest BCUT2D eigenvalue weighted by molar-refractivity contribution is 6.00. The van der Waals surface area contributed by atoms with Crippen molar-refractivity contribution in [3.8, 4) is 0 Å². The van der Waals surface area contributed by atoms with E-state index in [1.807, 2.05) is 43.3 Å². The van der Waals surface area contributed by atoms with Gasteiger partial charge < -0.3 is 24.9 Å². The largest absolute Gasteiger partial charge is 0.464 e. The molecule has 9 nitrogen and oxygen atoms in total. The molecule has 9 heteroatoms. The second kappa shape index (κ2) is 12.0. The van der Waals surface area contributed by atoms with Crippen LogP contribution in [0.4, 0.5) is 5.69 Å². The molecule has 0 spiro atoms. The SMILES string of the molecule is CC(=O)Nc1ccc(C(=O)N(Cc2ccc(C)o2)C2(C(=O)NCc3ccccc3)CCN(C(C)=O)CC2)cc1. The van der Waals surface area contributed by atoms with Gasteiger partial charge in [-0.05, 0) is 61.7 Å². The number of hydrogen-bond acceptors (Lipinski definition) is 5. The Labute approximate surface area is 228 Å². The first kappa shape index (κ1) is 27.6. The maximum Gasteiger partial charge on any atom is 0.255 e. The summed E-state index contributed by atoms with van der Waals surface area (Å²) in [6.45, 7) is 5.83. The number of benzene rings is 2. The monoisotopic (exact) mass is 530 g/mol. The molecule has 2 aromatic carbocycles. The van der Waals surface area contributed by atoms with Gasteiger partial charge in [-0.15, -0.1) is 0 Å². The normalized spacial score (nSPS) is 14.4. The zero-order chi connectivity index (χ0) is 28.0. The third-order valence-corrected chi connectivity index (χ3v) is 7.08. The summed E-state index contributed by atoms with van der Waals surface area (Å²) >= 11 is 0. The van der Waals surface area contributed by atoms with Crippen molar-refractivity contribution in [2.75, 3.05) is 18.4 Å². The molecule has 4 amide bonds. The Morgan fingerprint density at radius 1 is 0.923 bits per heavy atom. The van der Waals surface area contributed by atoms with Gasteiger partial charge >= 0.3 is 0 Å². The standard InChI is InChI=1S/C30H34N4O5/c1-21-9-14-27(39-21)20-34(28(37)25-10-12-26(13-11-25)32-22(2)35)30(15-17-33(18-16-30)23(3)36)29(38)31-19-24-7-5-4-6-8-24/h4-14H,15-20H2,1-3H3,(H,31,38)(H,32,35). The Balaban J connectivity index is 1.70. The molecule has 1 aromatic heterocycles. The van der Waals surface area contributed by atoms with E-state index in [2.05, 4.69) is 10.6 Å². The van der Waals surface area contributed by atoms with Gasteiger partial charge in [-0.2, -0.15) is 0 Å². The van der Waals surface area contributed by atoms with E-state index in [0.29, 0.717) is 42.4 Å². The first-order valence-corrected chi connectivity index (χ1v) is 13.0. The molecule has 1 saturated heterocycles. The Morgan fingerprint density at radius 3 is 2.15 bits per heavy atom. The quantitative estimate of drug-likeness (QED) is 0.459. The summed E-state index contributed by atoms with van der Waals surface area (Å²) in [4.78, 5) is 55.0. The van der Waals surface area contributed by atoms with E-state index in [1.165, 1.54) is 13.8 Å². The number of carbonyl (C=O) groups is 4. The van der Waals surface area contributed by atoms with Crippen molar-refractivity contribution in [1.29, 1.82) is 0 Å². The van der Waals surface area contributed by atoms with Crippen LogP contribution in [0.2, 0.25) is 0 Å². The molecule has 39 heavy (non-hydrogen) atoms. The van der Waals surface area contributed by atoms with E-state index < -0.39 is 5.54 Å². The molecule has 0 aliphatic carbocycles. The van der Waals surface area contributed by atoms with Gasteiger partial charge in [0.1, 0.15) is 17.1 Å². The number of carbonyl (C=O) groups excluding carboxylic acids is 4. The predicted molar refractivity (Wildman–Crippen MR) is 147 cm³/mol. The van der Waals surface area contributed by atoms with Gasteiger partial charge in [0.05, 0.1) is 6.54 Å². The van der Waals surface area contributed by atoms with Crippen LogP contribution in [0.25, 0.3) is 0 Å². The molecule has 0 saturated carbocycles. The minimum absolute atomic E-state index is 0.0682. The van der Waals surface area contributed by atoms with Crippen LogP contribution in [0.1, 0.15) is 54.1 Å². The van der Waals surface area contributed by atoms with Crippen LogP contribution in [0, 0.1) is 6.92 Å². The van der Waals surface area contributed by atoms with Crippen molar-refractivity contribution in [3.05, 3.63) is 89.4 Å². The van der Waals surface area contributed by atoms with Gasteiger partial charge in [-0.25, -0.2) is 0 Å². The second-order valence-corrected chi connectivity index (χ2v) is 9.87. The smallest absolute Gasteiger partial charge is 0.255 e. The molecule has 1 fully saturated rings. The molecular weight excluding hydrogens is 496 g/mol. The van der Waals surface area contributed by atoms with Crippen LogP contribution in [0.15, 0.2) is 71.1 Å². The lowest BCUT2D eigenvalue weighted by molar-refractivity contribution is -0.141. The fourth-order valence-corrected chi connectivity index (χ4v) is 4.95. The Kier molecular flexibility index (Phi) is 8.49. The average molecular weight is 531 g/mol. The molecule has 2 heterocycles. The Bertz CT molecular complexity index is 1320. The van der Waals surface area contributed by atoms with E-state index in [1.54, 1.807) is 40.1 Å². The number of amides is 4. The van der Waals surface area contributed by atoms with Crippen molar-refractivity contribution in [3.63, 3.8) is 0 Å². The van der Waals surface area contributed by atoms with Crippen LogP contribution in [-0.4, -0.2) is 52.1 Å². The van der Waals surface area contributed by atoms with E-state index in [-0.39, 0.29) is 43.0 Å². The summed E-state index contributed by atoms with van der Waals surface area (Å²) in [6.07, 6.45) is 0.561. The molecule has 0 atom stereocenters. The Hall–Kier alpha value is -4.40. The summed E-state index contributed by atoms with van der Waals surface area (Å²) in [5, 5.41) is 5.75. The zero-order valence-corrected chi connectivity index (χ0v) is 22.5. The lowest BCUT2D eigenvalue weighted by Crippen LogP contribution is -2.64. The third-order valence-electron chi connectivity index (χ3n) is 7.08. The molecule has 0 radical (unpaired) electrons. The lowest BCUT2D eigenvalue weighted by Gasteiger charge is -2.47. The Morgan fingerprint density at radius 2 is 1.59 bits per heavy atom. The lowest BCUT2D eigenvalue weighted by atomic mass is 9.83. The molecule has 0 unspecified atom stereocenters. The molecule has 204 valence electrons. The van der Waals surface area contributed by atoms with E-state index in [0.717, 1.165) is 5.56 Å². The fourth-order valence-electron chi connectivity index (χ4n) is 4.95. The first-order valence-electron chi connectivity index (χ1n) is 13.0. The van der Waals surface area contributed by atoms with Gasteiger partial charge in [0.2, 0.25) is 17.7 Å². The first-order chi connectivity index (χ1) is 18.7. The molecule has 1 aliphatic rings. The van der Waals surface area contributed by atoms with Crippen LogP contribution in [-0.2, 0) is 27.5 Å². The van der Waals surface area contributed by atoms with Gasteiger partial charge in [-0.3, -0.25) is 19.2 Å². The van der Waals surface area contributed by atoms with Crippen molar-refractivity contribution >= 4 is 29.3 Å². The van der Waals surface area contributed by atoms with Crippen molar-refractivity contribution < 1.29 is 23.6 Å². The van der Waals surface area contributed by atoms with Crippen molar-refractivity contribution in [2.45, 2.75) is 52.2 Å². The average Bonchev–Trinajstić information content (AvgIpc) is 3.35. The summed E-state index contributed by atoms with van der Waals surface area (Å²) in [6, 6.07) is 19.8. The molecule has 3 aromatic rings. The number of rotatable bonds is 8. The van der Waals surface area contributed by atoms with Crippen LogP contribution in [0.5, 0.6) is 0 Å².